The SMILES string of the molecule is COC(=O)C(CCSC)NC(=O)c1ccc(N)c(OC)c1. The van der Waals surface area contributed by atoms with E-state index in [4.69, 9.17) is 15.2 Å². The molecule has 1 rings (SSSR count). The zero-order valence-electron chi connectivity index (χ0n) is 12.3. The van der Waals surface area contributed by atoms with Crippen LogP contribution in [0.2, 0.25) is 0 Å². The Balaban J connectivity index is 2.83. The molecule has 0 saturated carbocycles. The summed E-state index contributed by atoms with van der Waals surface area (Å²) in [5, 5.41) is 2.67. The van der Waals surface area contributed by atoms with Gasteiger partial charge in [-0.2, -0.15) is 11.8 Å². The number of esters is 1. The van der Waals surface area contributed by atoms with Crippen LogP contribution in [0.4, 0.5) is 5.69 Å². The Hall–Kier alpha value is -1.89. The van der Waals surface area contributed by atoms with E-state index in [1.165, 1.54) is 20.3 Å². The molecule has 0 aliphatic carbocycles. The van der Waals surface area contributed by atoms with Gasteiger partial charge < -0.3 is 20.5 Å². The molecule has 21 heavy (non-hydrogen) atoms. The number of hydrogen-bond donors (Lipinski definition) is 2. The first kappa shape index (κ1) is 17.2. The fourth-order valence-electron chi connectivity index (χ4n) is 1.72. The van der Waals surface area contributed by atoms with Crippen LogP contribution in [0.3, 0.4) is 0 Å². The third kappa shape index (κ3) is 4.86. The van der Waals surface area contributed by atoms with Crippen LogP contribution >= 0.6 is 11.8 Å². The predicted octanol–water partition coefficient (Wildman–Crippen LogP) is 1.30. The Bertz CT molecular complexity index is 508. The minimum Gasteiger partial charge on any atom is -0.495 e. The largest absolute Gasteiger partial charge is 0.495 e. The summed E-state index contributed by atoms with van der Waals surface area (Å²) in [4.78, 5) is 23.9. The normalized spacial score (nSPS) is 11.6. The molecule has 3 N–H and O–H groups in total. The highest BCUT2D eigenvalue weighted by Gasteiger charge is 2.22. The molecule has 6 nitrogen and oxygen atoms in total. The standard InChI is InChI=1S/C14H20N2O4S/c1-19-12-8-9(4-5-10(12)15)13(17)16-11(6-7-21-3)14(18)20-2/h4-5,8,11H,6-7,15H2,1-3H3,(H,16,17). The number of amides is 1. The summed E-state index contributed by atoms with van der Waals surface area (Å²) in [6.45, 7) is 0. The zero-order valence-corrected chi connectivity index (χ0v) is 13.2. The number of methoxy groups -OCH3 is 2. The lowest BCUT2D eigenvalue weighted by Crippen LogP contribution is -2.41. The van der Waals surface area contributed by atoms with Crippen molar-refractivity contribution < 1.29 is 19.1 Å². The lowest BCUT2D eigenvalue weighted by atomic mass is 10.1. The number of nitrogen functional groups attached to an aromatic ring is 1. The van der Waals surface area contributed by atoms with E-state index in [9.17, 15) is 9.59 Å². The number of benzene rings is 1. The van der Waals surface area contributed by atoms with Gasteiger partial charge in [-0.1, -0.05) is 0 Å². The molecular formula is C14H20N2O4S. The zero-order chi connectivity index (χ0) is 15.8. The lowest BCUT2D eigenvalue weighted by Gasteiger charge is -2.16. The van der Waals surface area contributed by atoms with Crippen molar-refractivity contribution in [1.82, 2.24) is 5.32 Å². The maximum Gasteiger partial charge on any atom is 0.328 e. The van der Waals surface area contributed by atoms with Crippen LogP contribution in [0.15, 0.2) is 18.2 Å². The van der Waals surface area contributed by atoms with Gasteiger partial charge in [0.1, 0.15) is 11.8 Å². The summed E-state index contributed by atoms with van der Waals surface area (Å²) < 4.78 is 9.78. The first-order chi connectivity index (χ1) is 10.0. The highest BCUT2D eigenvalue weighted by Crippen LogP contribution is 2.22. The number of nitrogens with two attached hydrogens (primary N) is 1. The number of ether oxygens (including phenoxy) is 2. The van der Waals surface area contributed by atoms with Crippen molar-refractivity contribution in [2.75, 3.05) is 32.0 Å². The molecule has 1 atom stereocenters. The third-order valence-corrected chi connectivity index (χ3v) is 3.54. The van der Waals surface area contributed by atoms with Gasteiger partial charge in [0.05, 0.1) is 19.9 Å². The van der Waals surface area contributed by atoms with Crippen LogP contribution in [0.5, 0.6) is 5.75 Å². The molecule has 1 amide bonds. The summed E-state index contributed by atoms with van der Waals surface area (Å²) in [5.41, 5.74) is 6.52. The molecule has 0 aliphatic rings. The van der Waals surface area contributed by atoms with Gasteiger partial charge in [0, 0.05) is 5.56 Å². The van der Waals surface area contributed by atoms with E-state index in [2.05, 4.69) is 5.32 Å². The van der Waals surface area contributed by atoms with Crippen molar-refractivity contribution in [2.24, 2.45) is 0 Å². The molecule has 116 valence electrons. The second-order valence-corrected chi connectivity index (χ2v) is 5.27. The molecule has 1 aromatic rings. The molecule has 0 radical (unpaired) electrons. The van der Waals surface area contributed by atoms with Crippen molar-refractivity contribution >= 4 is 29.3 Å². The number of rotatable bonds is 7. The Kier molecular flexibility index (Phi) is 6.87. The molecule has 0 heterocycles. The van der Waals surface area contributed by atoms with Crippen molar-refractivity contribution in [2.45, 2.75) is 12.5 Å². The highest BCUT2D eigenvalue weighted by atomic mass is 32.2. The Morgan fingerprint density at radius 1 is 1.38 bits per heavy atom. The van der Waals surface area contributed by atoms with Crippen LogP contribution in [-0.4, -0.2) is 44.1 Å². The first-order valence-electron chi connectivity index (χ1n) is 6.34. The second kappa shape index (κ2) is 8.41. The molecule has 7 heteroatoms. The van der Waals surface area contributed by atoms with Crippen molar-refractivity contribution in [3.8, 4) is 5.75 Å². The summed E-state index contributed by atoms with van der Waals surface area (Å²) >= 11 is 1.59. The Morgan fingerprint density at radius 3 is 2.67 bits per heavy atom. The molecule has 0 bridgehead atoms. The number of thioether (sulfide) groups is 1. The smallest absolute Gasteiger partial charge is 0.328 e. The van der Waals surface area contributed by atoms with Crippen LogP contribution in [0, 0.1) is 0 Å². The lowest BCUT2D eigenvalue weighted by molar-refractivity contribution is -0.142. The van der Waals surface area contributed by atoms with Crippen LogP contribution < -0.4 is 15.8 Å². The third-order valence-electron chi connectivity index (χ3n) is 2.90. The fraction of sp³-hybridized carbons (Fsp3) is 0.429. The molecule has 0 aliphatic heterocycles. The van der Waals surface area contributed by atoms with Gasteiger partial charge >= 0.3 is 5.97 Å². The number of hydrogen-bond acceptors (Lipinski definition) is 6. The topological polar surface area (TPSA) is 90.7 Å². The van der Waals surface area contributed by atoms with E-state index < -0.39 is 12.0 Å². The molecule has 0 saturated heterocycles. The average Bonchev–Trinajstić information content (AvgIpc) is 2.50. The van der Waals surface area contributed by atoms with Crippen LogP contribution in [0.1, 0.15) is 16.8 Å². The van der Waals surface area contributed by atoms with Crippen LogP contribution in [-0.2, 0) is 9.53 Å². The Morgan fingerprint density at radius 2 is 2.10 bits per heavy atom. The molecule has 0 fully saturated rings. The quantitative estimate of drug-likeness (QED) is 0.582. The van der Waals surface area contributed by atoms with E-state index in [0.29, 0.717) is 23.4 Å². The maximum atomic E-state index is 12.2. The van der Waals surface area contributed by atoms with Gasteiger partial charge in [-0.3, -0.25) is 4.79 Å². The predicted molar refractivity (Wildman–Crippen MR) is 83.7 cm³/mol. The van der Waals surface area contributed by atoms with Gasteiger partial charge in [-0.15, -0.1) is 0 Å². The minimum absolute atomic E-state index is 0.371. The van der Waals surface area contributed by atoms with E-state index in [-0.39, 0.29) is 5.91 Å². The molecule has 0 spiro atoms. The number of anilines is 1. The van der Waals surface area contributed by atoms with Gasteiger partial charge in [-0.25, -0.2) is 4.79 Å². The van der Waals surface area contributed by atoms with Gasteiger partial charge in [0.25, 0.3) is 5.91 Å². The molecular weight excluding hydrogens is 292 g/mol. The maximum absolute atomic E-state index is 12.2. The summed E-state index contributed by atoms with van der Waals surface area (Å²) in [6.07, 6.45) is 2.44. The van der Waals surface area contributed by atoms with Gasteiger partial charge in [0.15, 0.2) is 0 Å². The van der Waals surface area contributed by atoms with E-state index in [1.54, 1.807) is 23.9 Å². The van der Waals surface area contributed by atoms with Crippen molar-refractivity contribution in [3.63, 3.8) is 0 Å². The van der Waals surface area contributed by atoms with Crippen LogP contribution in [0.25, 0.3) is 0 Å². The van der Waals surface area contributed by atoms with Gasteiger partial charge in [-0.05, 0) is 36.6 Å². The van der Waals surface area contributed by atoms with Crippen molar-refractivity contribution in [1.29, 1.82) is 0 Å². The Labute approximate surface area is 128 Å². The minimum atomic E-state index is -0.668. The van der Waals surface area contributed by atoms with E-state index in [1.807, 2.05) is 6.26 Å². The molecule has 1 unspecified atom stereocenters. The average molecular weight is 312 g/mol. The second-order valence-electron chi connectivity index (χ2n) is 4.29. The van der Waals surface area contributed by atoms with Gasteiger partial charge in [0.2, 0.25) is 0 Å². The summed E-state index contributed by atoms with van der Waals surface area (Å²) in [7, 11) is 2.77. The number of nitrogens with one attached hydrogen (secondary N) is 1. The summed E-state index contributed by atoms with van der Waals surface area (Å²) in [6, 6.07) is 4.03. The number of carbonyl (C=O) groups is 2. The fourth-order valence-corrected chi connectivity index (χ4v) is 2.19. The molecule has 1 aromatic carbocycles. The number of carbonyl (C=O) groups excluding carboxylic acids is 2. The monoisotopic (exact) mass is 312 g/mol. The summed E-state index contributed by atoms with van der Waals surface area (Å²) in [5.74, 6) is 0.330. The molecule has 0 aromatic heterocycles. The van der Waals surface area contributed by atoms with Crippen molar-refractivity contribution in [3.05, 3.63) is 23.8 Å². The highest BCUT2D eigenvalue weighted by molar-refractivity contribution is 7.98. The van der Waals surface area contributed by atoms with E-state index >= 15 is 0 Å². The first-order valence-corrected chi connectivity index (χ1v) is 7.74. The van der Waals surface area contributed by atoms with E-state index in [0.717, 1.165) is 5.75 Å².